The van der Waals surface area contributed by atoms with Crippen molar-refractivity contribution >= 4 is 28.9 Å². The van der Waals surface area contributed by atoms with Gasteiger partial charge in [0.2, 0.25) is 0 Å². The van der Waals surface area contributed by atoms with Crippen molar-refractivity contribution < 1.29 is 15.0 Å². The molecule has 1 amide bonds. The van der Waals surface area contributed by atoms with E-state index in [-0.39, 0.29) is 23.5 Å². The van der Waals surface area contributed by atoms with E-state index < -0.39 is 0 Å². The predicted molar refractivity (Wildman–Crippen MR) is 104 cm³/mol. The average molecular weight is 362 g/mol. The van der Waals surface area contributed by atoms with Crippen LogP contribution in [0.5, 0.6) is 5.75 Å². The lowest BCUT2D eigenvalue weighted by Crippen LogP contribution is -2.19. The summed E-state index contributed by atoms with van der Waals surface area (Å²) in [5.41, 5.74) is 2.08. The number of benzene rings is 1. The second-order valence-corrected chi connectivity index (χ2v) is 9.16. The van der Waals surface area contributed by atoms with Crippen LogP contribution in [0, 0.1) is 0 Å². The minimum absolute atomic E-state index is 0.231. The van der Waals surface area contributed by atoms with Crippen LogP contribution >= 0.6 is 11.8 Å². The van der Waals surface area contributed by atoms with Crippen LogP contribution in [0.25, 0.3) is 6.08 Å². The molecule has 5 nitrogen and oxygen atoms in total. The Kier molecular flexibility index (Phi) is 5.35. The fourth-order valence-electron chi connectivity index (χ4n) is 2.59. The van der Waals surface area contributed by atoms with Gasteiger partial charge in [0.25, 0.3) is 5.91 Å². The number of hydrogen-bond donors (Lipinski definition) is 3. The van der Waals surface area contributed by atoms with Gasteiger partial charge in [-0.2, -0.15) is 4.99 Å². The van der Waals surface area contributed by atoms with Crippen molar-refractivity contribution in [1.82, 2.24) is 5.32 Å². The van der Waals surface area contributed by atoms with Crippen molar-refractivity contribution in [2.45, 2.75) is 52.4 Å². The molecular weight excluding hydrogens is 336 g/mol. The molecule has 0 saturated carbocycles. The highest BCUT2D eigenvalue weighted by molar-refractivity contribution is 8.18. The molecule has 25 heavy (non-hydrogen) atoms. The molecule has 0 spiro atoms. The first-order valence-corrected chi connectivity index (χ1v) is 9.00. The Bertz CT molecular complexity index is 718. The number of phenols is 1. The zero-order chi connectivity index (χ0) is 19.0. The number of nitrogens with one attached hydrogen (secondary N) is 1. The molecular formula is C19H26N2O3S. The van der Waals surface area contributed by atoms with Gasteiger partial charge in [-0.05, 0) is 46.4 Å². The van der Waals surface area contributed by atoms with E-state index in [9.17, 15) is 9.90 Å². The first-order valence-electron chi connectivity index (χ1n) is 8.19. The maximum absolute atomic E-state index is 12.0. The van der Waals surface area contributed by atoms with Gasteiger partial charge in [0.1, 0.15) is 12.5 Å². The zero-order valence-electron chi connectivity index (χ0n) is 15.6. The molecule has 1 aliphatic rings. The number of aliphatic hydroxyl groups excluding tert-OH is 1. The molecule has 0 atom stereocenters. The standard InChI is InChI=1S/C19H26N2O3S/c1-18(2,3)12-7-11(8-13(15(12)23)19(4,5)6)9-14-16(24)21-17(25-14)20-10-22/h7-9,22-23H,10H2,1-6H3,(H,20,21,24)/b14-9-. The largest absolute Gasteiger partial charge is 0.507 e. The molecule has 3 N–H and O–H groups in total. The smallest absolute Gasteiger partial charge is 0.286 e. The Balaban J connectivity index is 2.53. The van der Waals surface area contributed by atoms with Crippen molar-refractivity contribution in [2.24, 2.45) is 4.99 Å². The highest BCUT2D eigenvalue weighted by Gasteiger charge is 2.27. The van der Waals surface area contributed by atoms with Crippen molar-refractivity contribution in [3.8, 4) is 5.75 Å². The fourth-order valence-corrected chi connectivity index (χ4v) is 3.39. The predicted octanol–water partition coefficient (Wildman–Crippen LogP) is 3.50. The third kappa shape index (κ3) is 4.44. The number of hydrogen-bond acceptors (Lipinski definition) is 5. The minimum Gasteiger partial charge on any atom is -0.507 e. The first kappa shape index (κ1) is 19.5. The van der Waals surface area contributed by atoms with Gasteiger partial charge in [-0.3, -0.25) is 4.79 Å². The van der Waals surface area contributed by atoms with E-state index in [0.717, 1.165) is 16.7 Å². The molecule has 0 radical (unpaired) electrons. The van der Waals surface area contributed by atoms with E-state index in [1.165, 1.54) is 11.8 Å². The van der Waals surface area contributed by atoms with Crippen LogP contribution in [0.2, 0.25) is 0 Å². The van der Waals surface area contributed by atoms with Crippen LogP contribution in [-0.4, -0.2) is 28.0 Å². The van der Waals surface area contributed by atoms with Gasteiger partial charge in [-0.1, -0.05) is 41.5 Å². The lowest BCUT2D eigenvalue weighted by molar-refractivity contribution is -0.113. The number of aliphatic imine (C=N–C) groups is 1. The maximum atomic E-state index is 12.0. The summed E-state index contributed by atoms with van der Waals surface area (Å²) in [6, 6.07) is 3.84. The van der Waals surface area contributed by atoms with Crippen molar-refractivity contribution in [2.75, 3.05) is 6.73 Å². The van der Waals surface area contributed by atoms with E-state index in [1.807, 2.05) is 53.7 Å². The van der Waals surface area contributed by atoms with Crippen LogP contribution in [0.3, 0.4) is 0 Å². The molecule has 1 aliphatic heterocycles. The SMILES string of the molecule is CC(C)(C)c1cc(/C=C2\SC(NCO)=NC2=O)cc(C(C)(C)C)c1O. The van der Waals surface area contributed by atoms with Gasteiger partial charge in [0, 0.05) is 11.1 Å². The van der Waals surface area contributed by atoms with Gasteiger partial charge in [0.05, 0.1) is 4.91 Å². The molecule has 136 valence electrons. The molecule has 0 saturated heterocycles. The number of carbonyl (C=O) groups is 1. The van der Waals surface area contributed by atoms with Crippen LogP contribution in [0.15, 0.2) is 22.0 Å². The molecule has 0 fully saturated rings. The lowest BCUT2D eigenvalue weighted by Gasteiger charge is -2.28. The number of thioether (sulfide) groups is 1. The zero-order valence-corrected chi connectivity index (χ0v) is 16.4. The fraction of sp³-hybridized carbons (Fsp3) is 0.474. The summed E-state index contributed by atoms with van der Waals surface area (Å²) in [4.78, 5) is 16.4. The Morgan fingerprint density at radius 3 is 2.08 bits per heavy atom. The molecule has 1 aromatic rings. The number of nitrogens with zero attached hydrogens (tertiary/aromatic N) is 1. The van der Waals surface area contributed by atoms with Gasteiger partial charge in [0.15, 0.2) is 5.17 Å². The molecule has 0 bridgehead atoms. The molecule has 0 aliphatic carbocycles. The van der Waals surface area contributed by atoms with Gasteiger partial charge in [-0.15, -0.1) is 0 Å². The maximum Gasteiger partial charge on any atom is 0.286 e. The van der Waals surface area contributed by atoms with E-state index >= 15 is 0 Å². The number of aromatic hydroxyl groups is 1. The number of aliphatic hydroxyl groups is 1. The van der Waals surface area contributed by atoms with Crippen LogP contribution in [0.1, 0.15) is 58.2 Å². The highest BCUT2D eigenvalue weighted by atomic mass is 32.2. The van der Waals surface area contributed by atoms with Crippen molar-refractivity contribution in [1.29, 1.82) is 0 Å². The van der Waals surface area contributed by atoms with Gasteiger partial charge < -0.3 is 15.5 Å². The summed E-state index contributed by atoms with van der Waals surface area (Å²) >= 11 is 1.20. The highest BCUT2D eigenvalue weighted by Crippen LogP contribution is 2.40. The van der Waals surface area contributed by atoms with Crippen molar-refractivity contribution in [3.05, 3.63) is 33.7 Å². The minimum atomic E-state index is -0.330. The molecule has 0 aromatic heterocycles. The first-order chi connectivity index (χ1) is 11.4. The average Bonchev–Trinajstić information content (AvgIpc) is 2.78. The summed E-state index contributed by atoms with van der Waals surface area (Å²) in [7, 11) is 0. The van der Waals surface area contributed by atoms with Gasteiger partial charge >= 0.3 is 0 Å². The van der Waals surface area contributed by atoms with E-state index in [4.69, 9.17) is 5.11 Å². The number of carbonyl (C=O) groups excluding carboxylic acids is 1. The monoisotopic (exact) mass is 362 g/mol. The number of amidine groups is 1. The second kappa shape index (κ2) is 6.84. The molecule has 1 aromatic carbocycles. The molecule has 0 unspecified atom stereocenters. The van der Waals surface area contributed by atoms with E-state index in [0.29, 0.717) is 15.8 Å². The summed E-state index contributed by atoms with van der Waals surface area (Å²) in [5.74, 6) is -0.0184. The van der Waals surface area contributed by atoms with Crippen LogP contribution in [0.4, 0.5) is 0 Å². The summed E-state index contributed by atoms with van der Waals surface area (Å²) in [6.07, 6.45) is 1.78. The normalized spacial score (nSPS) is 17.2. The number of amides is 1. The summed E-state index contributed by atoms with van der Waals surface area (Å²) in [6.45, 7) is 12.0. The molecule has 1 heterocycles. The molecule has 6 heteroatoms. The van der Waals surface area contributed by atoms with Crippen LogP contribution in [-0.2, 0) is 15.6 Å². The quantitative estimate of drug-likeness (QED) is 0.554. The Morgan fingerprint density at radius 1 is 1.12 bits per heavy atom. The Labute approximate surface area is 153 Å². The lowest BCUT2D eigenvalue weighted by atomic mass is 9.78. The topological polar surface area (TPSA) is 81.9 Å². The third-order valence-electron chi connectivity index (χ3n) is 3.90. The number of rotatable bonds is 2. The third-order valence-corrected chi connectivity index (χ3v) is 4.84. The van der Waals surface area contributed by atoms with E-state index in [1.54, 1.807) is 6.08 Å². The Hall–Kier alpha value is -1.79. The van der Waals surface area contributed by atoms with Gasteiger partial charge in [-0.25, -0.2) is 0 Å². The van der Waals surface area contributed by atoms with E-state index in [2.05, 4.69) is 10.3 Å². The second-order valence-electron chi connectivity index (χ2n) is 8.13. The summed E-state index contributed by atoms with van der Waals surface area (Å²) < 4.78 is 0. The number of phenolic OH excluding ortho intramolecular Hbond substituents is 1. The summed E-state index contributed by atoms with van der Waals surface area (Å²) in [5, 5.41) is 22.7. The Morgan fingerprint density at radius 2 is 1.64 bits per heavy atom. The molecule has 2 rings (SSSR count). The van der Waals surface area contributed by atoms with Crippen LogP contribution < -0.4 is 5.32 Å². The van der Waals surface area contributed by atoms with Crippen molar-refractivity contribution in [3.63, 3.8) is 0 Å².